The van der Waals surface area contributed by atoms with Gasteiger partial charge in [0.2, 0.25) is 0 Å². The molecule has 0 fully saturated rings. The van der Waals surface area contributed by atoms with Gasteiger partial charge in [-0.05, 0) is 49.7 Å². The van der Waals surface area contributed by atoms with Crippen molar-refractivity contribution in [2.24, 2.45) is 0 Å². The number of aromatic nitrogens is 6. The van der Waals surface area contributed by atoms with Crippen molar-refractivity contribution in [2.75, 3.05) is 13.7 Å². The highest BCUT2D eigenvalue weighted by molar-refractivity contribution is 6.10. The van der Waals surface area contributed by atoms with Crippen LogP contribution in [0.15, 0.2) is 77.9 Å². The molecule has 38 heavy (non-hydrogen) atoms. The number of methoxy groups -OCH3 is 1. The summed E-state index contributed by atoms with van der Waals surface area (Å²) in [4.78, 5) is 28.4. The molecule has 0 aliphatic heterocycles. The molecule has 0 bridgehead atoms. The molecular formula is C30H26N6O2. The maximum Gasteiger partial charge on any atom is 0.265 e. The number of ether oxygens (including phenoxy) is 1. The minimum atomic E-state index is -0.122. The average molecular weight is 503 g/mol. The SMILES string of the molecule is CCn1c2ccccc2c2cc(-n3c4nc5ccccc5nc4c4c(=O)n(CCCOC)cnc43)ccc21. The third kappa shape index (κ3) is 3.27. The number of nitrogens with zero attached hydrogens (tertiary/aromatic N) is 6. The standard InChI is InChI=1S/C30H26N6O2/c1-3-35-24-12-7-4-9-20(24)21-17-19(13-14-25(21)35)36-28-26(30(37)34(18-31-28)15-8-16-38-2)27-29(36)33-23-11-6-5-10-22(23)32-27/h4-7,9-14,17-18H,3,8,15-16H2,1-2H3. The van der Waals surface area contributed by atoms with Crippen LogP contribution in [0, 0.1) is 0 Å². The molecule has 4 aromatic heterocycles. The molecule has 0 aliphatic rings. The van der Waals surface area contributed by atoms with E-state index >= 15 is 0 Å². The summed E-state index contributed by atoms with van der Waals surface area (Å²) in [5.74, 6) is 0. The number of aryl methyl sites for hydroxylation is 2. The van der Waals surface area contributed by atoms with Crippen molar-refractivity contribution in [3.63, 3.8) is 0 Å². The van der Waals surface area contributed by atoms with Gasteiger partial charge in [-0.1, -0.05) is 30.3 Å². The third-order valence-corrected chi connectivity index (χ3v) is 7.31. The zero-order valence-corrected chi connectivity index (χ0v) is 21.3. The summed E-state index contributed by atoms with van der Waals surface area (Å²) in [6, 6.07) is 22.6. The number of hydrogen-bond donors (Lipinski definition) is 0. The van der Waals surface area contributed by atoms with Crippen LogP contribution >= 0.6 is 0 Å². The quantitative estimate of drug-likeness (QED) is 0.283. The Hall–Kier alpha value is -4.56. The molecule has 7 aromatic rings. The lowest BCUT2D eigenvalue weighted by atomic mass is 10.1. The Labute approximate surface area is 217 Å². The van der Waals surface area contributed by atoms with Gasteiger partial charge in [0.1, 0.15) is 10.9 Å². The highest BCUT2D eigenvalue weighted by Gasteiger charge is 2.21. The molecule has 0 aliphatic carbocycles. The Morgan fingerprint density at radius 1 is 0.868 bits per heavy atom. The van der Waals surface area contributed by atoms with Crippen molar-refractivity contribution >= 4 is 55.0 Å². The van der Waals surface area contributed by atoms with Crippen LogP contribution in [0.4, 0.5) is 0 Å². The van der Waals surface area contributed by atoms with Crippen LogP contribution in [-0.4, -0.2) is 42.4 Å². The van der Waals surface area contributed by atoms with Gasteiger partial charge >= 0.3 is 0 Å². The van der Waals surface area contributed by atoms with Gasteiger partial charge in [-0.3, -0.25) is 13.9 Å². The first-order chi connectivity index (χ1) is 18.7. The van der Waals surface area contributed by atoms with E-state index in [2.05, 4.69) is 54.0 Å². The Morgan fingerprint density at radius 3 is 2.45 bits per heavy atom. The summed E-state index contributed by atoms with van der Waals surface area (Å²) < 4.78 is 11.1. The van der Waals surface area contributed by atoms with Gasteiger partial charge in [0, 0.05) is 54.3 Å². The first-order valence-electron chi connectivity index (χ1n) is 12.9. The monoisotopic (exact) mass is 502 g/mol. The van der Waals surface area contributed by atoms with Crippen molar-refractivity contribution in [3.05, 3.63) is 83.4 Å². The molecule has 8 heteroatoms. The number of benzene rings is 3. The van der Waals surface area contributed by atoms with Gasteiger partial charge in [-0.2, -0.15) is 0 Å². The molecule has 8 nitrogen and oxygen atoms in total. The molecule has 4 heterocycles. The zero-order chi connectivity index (χ0) is 25.8. The van der Waals surface area contributed by atoms with E-state index in [-0.39, 0.29) is 5.56 Å². The Morgan fingerprint density at radius 2 is 1.63 bits per heavy atom. The van der Waals surface area contributed by atoms with Crippen molar-refractivity contribution < 1.29 is 4.74 Å². The van der Waals surface area contributed by atoms with E-state index in [1.807, 2.05) is 28.8 Å². The van der Waals surface area contributed by atoms with Crippen LogP contribution in [-0.2, 0) is 17.8 Å². The normalized spacial score (nSPS) is 12.1. The van der Waals surface area contributed by atoms with E-state index in [0.717, 1.165) is 35.1 Å². The van der Waals surface area contributed by atoms with Gasteiger partial charge in [0.15, 0.2) is 11.3 Å². The van der Waals surface area contributed by atoms with Crippen LogP contribution < -0.4 is 5.56 Å². The predicted molar refractivity (Wildman–Crippen MR) is 151 cm³/mol. The molecular weight excluding hydrogens is 476 g/mol. The van der Waals surface area contributed by atoms with E-state index in [4.69, 9.17) is 19.7 Å². The van der Waals surface area contributed by atoms with E-state index in [1.54, 1.807) is 18.0 Å². The molecule has 0 atom stereocenters. The molecule has 188 valence electrons. The second-order valence-corrected chi connectivity index (χ2v) is 9.47. The van der Waals surface area contributed by atoms with Crippen molar-refractivity contribution in [2.45, 2.75) is 26.4 Å². The van der Waals surface area contributed by atoms with Gasteiger partial charge in [-0.15, -0.1) is 0 Å². The molecule has 0 saturated carbocycles. The summed E-state index contributed by atoms with van der Waals surface area (Å²) in [5.41, 5.74) is 6.40. The fraction of sp³-hybridized carbons (Fsp3) is 0.200. The van der Waals surface area contributed by atoms with Crippen LogP contribution in [0.1, 0.15) is 13.3 Å². The maximum atomic E-state index is 13.7. The molecule has 0 N–H and O–H groups in total. The molecule has 0 saturated heterocycles. The summed E-state index contributed by atoms with van der Waals surface area (Å²) in [6.45, 7) is 4.13. The van der Waals surface area contributed by atoms with Gasteiger partial charge < -0.3 is 9.30 Å². The minimum absolute atomic E-state index is 0.122. The minimum Gasteiger partial charge on any atom is -0.385 e. The predicted octanol–water partition coefficient (Wildman–Crippen LogP) is 5.45. The van der Waals surface area contributed by atoms with Gasteiger partial charge in [0.05, 0.1) is 17.4 Å². The fourth-order valence-electron chi connectivity index (χ4n) is 5.58. The molecule has 7 rings (SSSR count). The summed E-state index contributed by atoms with van der Waals surface area (Å²) >= 11 is 0. The smallest absolute Gasteiger partial charge is 0.265 e. The third-order valence-electron chi connectivity index (χ3n) is 7.31. The topological polar surface area (TPSA) is 79.8 Å². The summed E-state index contributed by atoms with van der Waals surface area (Å²) in [7, 11) is 1.66. The number of fused-ring (bicyclic) bond motifs is 7. The molecule has 0 spiro atoms. The average Bonchev–Trinajstić information content (AvgIpc) is 3.45. The second kappa shape index (κ2) is 8.78. The molecule has 0 amide bonds. The largest absolute Gasteiger partial charge is 0.385 e. The fourth-order valence-corrected chi connectivity index (χ4v) is 5.58. The first kappa shape index (κ1) is 22.6. The van der Waals surface area contributed by atoms with Crippen LogP contribution in [0.5, 0.6) is 0 Å². The van der Waals surface area contributed by atoms with E-state index in [1.165, 1.54) is 16.4 Å². The summed E-state index contributed by atoms with van der Waals surface area (Å²) in [5, 5.41) is 2.82. The van der Waals surface area contributed by atoms with Crippen LogP contribution in [0.25, 0.3) is 60.7 Å². The van der Waals surface area contributed by atoms with Crippen LogP contribution in [0.3, 0.4) is 0 Å². The van der Waals surface area contributed by atoms with Crippen molar-refractivity contribution in [1.82, 2.24) is 28.7 Å². The summed E-state index contributed by atoms with van der Waals surface area (Å²) in [6.07, 6.45) is 2.34. The number of rotatable bonds is 6. The Kier molecular flexibility index (Phi) is 5.23. The number of para-hydroxylation sites is 3. The van der Waals surface area contributed by atoms with Crippen molar-refractivity contribution in [1.29, 1.82) is 0 Å². The first-order valence-corrected chi connectivity index (χ1v) is 12.9. The lowest BCUT2D eigenvalue weighted by Crippen LogP contribution is -2.21. The lowest BCUT2D eigenvalue weighted by Gasteiger charge is -2.09. The Bertz CT molecular complexity index is 2070. The van der Waals surface area contributed by atoms with Crippen LogP contribution in [0.2, 0.25) is 0 Å². The highest BCUT2D eigenvalue weighted by Crippen LogP contribution is 2.33. The Balaban J connectivity index is 1.56. The molecule has 0 radical (unpaired) electrons. The molecule has 0 unspecified atom stereocenters. The van der Waals surface area contributed by atoms with Gasteiger partial charge in [0.25, 0.3) is 5.56 Å². The van der Waals surface area contributed by atoms with Crippen molar-refractivity contribution in [3.8, 4) is 5.69 Å². The van der Waals surface area contributed by atoms with Gasteiger partial charge in [-0.25, -0.2) is 15.0 Å². The van der Waals surface area contributed by atoms with E-state index < -0.39 is 0 Å². The molecule has 3 aromatic carbocycles. The van der Waals surface area contributed by atoms with E-state index in [0.29, 0.717) is 35.3 Å². The van der Waals surface area contributed by atoms with E-state index in [9.17, 15) is 4.79 Å². The highest BCUT2D eigenvalue weighted by atomic mass is 16.5. The second-order valence-electron chi connectivity index (χ2n) is 9.47. The maximum absolute atomic E-state index is 13.7. The number of hydrogen-bond acceptors (Lipinski definition) is 5. The lowest BCUT2D eigenvalue weighted by molar-refractivity contribution is 0.190. The zero-order valence-electron chi connectivity index (χ0n) is 21.3.